The quantitative estimate of drug-likeness (QED) is 0.166. The Balaban J connectivity index is 0.939. The van der Waals surface area contributed by atoms with Gasteiger partial charge in [0.2, 0.25) is 0 Å². The Morgan fingerprint density at radius 2 is 0.797 bits per heavy atom. The number of rotatable bonds is 4. The van der Waals surface area contributed by atoms with Crippen molar-refractivity contribution in [2.24, 2.45) is 0 Å². The molecule has 0 aliphatic carbocycles. The zero-order valence-electron chi connectivity index (χ0n) is 34.6. The summed E-state index contributed by atoms with van der Waals surface area (Å²) in [7, 11) is 0. The smallest absolute Gasteiger partial charge is 0.0973 e. The largest absolute Gasteiger partial charge is 0.309 e. The van der Waals surface area contributed by atoms with Gasteiger partial charge in [-0.25, -0.2) is 9.97 Å². The molecular weight excluding hydrogens is 777 g/mol. The molecule has 0 atom stereocenters. The SMILES string of the molecule is c1ccc2c(c1)ccc1ccc(-c3nc4ccccc4nc3-c3ccc(-n4c5ccccc5c5cc6ccc(-n7c8ccccc8c8ccc9ccccc9c87)cc6cc54)cc3)cc12. The summed E-state index contributed by atoms with van der Waals surface area (Å²) in [5.74, 6) is 0. The van der Waals surface area contributed by atoms with Gasteiger partial charge in [-0.15, -0.1) is 0 Å². The summed E-state index contributed by atoms with van der Waals surface area (Å²) in [5.41, 5.74) is 12.6. The van der Waals surface area contributed by atoms with Crippen molar-refractivity contribution in [2.45, 2.75) is 0 Å². The van der Waals surface area contributed by atoms with Crippen LogP contribution in [-0.2, 0) is 0 Å². The van der Waals surface area contributed by atoms with E-state index in [1.807, 2.05) is 12.1 Å². The maximum atomic E-state index is 5.30. The summed E-state index contributed by atoms with van der Waals surface area (Å²) in [6.45, 7) is 0. The molecule has 0 saturated carbocycles. The zero-order valence-corrected chi connectivity index (χ0v) is 34.6. The molecule has 296 valence electrons. The highest BCUT2D eigenvalue weighted by Gasteiger charge is 2.19. The summed E-state index contributed by atoms with van der Waals surface area (Å²) in [6, 6.07) is 79.2. The van der Waals surface area contributed by atoms with E-state index in [0.29, 0.717) is 0 Å². The van der Waals surface area contributed by atoms with Crippen LogP contribution in [0.15, 0.2) is 218 Å². The van der Waals surface area contributed by atoms with Gasteiger partial charge in [0, 0.05) is 49.4 Å². The van der Waals surface area contributed by atoms with E-state index in [4.69, 9.17) is 9.97 Å². The molecule has 0 aliphatic rings. The van der Waals surface area contributed by atoms with Crippen LogP contribution < -0.4 is 0 Å². The average Bonchev–Trinajstić information content (AvgIpc) is 3.87. The van der Waals surface area contributed by atoms with E-state index in [9.17, 15) is 0 Å². The van der Waals surface area contributed by atoms with E-state index in [2.05, 4.69) is 215 Å². The fourth-order valence-corrected chi connectivity index (χ4v) is 10.4. The Labute approximate surface area is 367 Å². The normalized spacial score (nSPS) is 12.1. The van der Waals surface area contributed by atoms with Crippen molar-refractivity contribution < 1.29 is 0 Å². The highest BCUT2D eigenvalue weighted by atomic mass is 15.0. The summed E-state index contributed by atoms with van der Waals surface area (Å²) in [4.78, 5) is 10.6. The molecule has 4 nitrogen and oxygen atoms in total. The predicted octanol–water partition coefficient (Wildman–Crippen LogP) is 15.8. The first-order valence-corrected chi connectivity index (χ1v) is 21.9. The van der Waals surface area contributed by atoms with Crippen LogP contribution in [0.3, 0.4) is 0 Å². The predicted molar refractivity (Wildman–Crippen MR) is 269 cm³/mol. The lowest BCUT2D eigenvalue weighted by molar-refractivity contribution is 1.18. The van der Waals surface area contributed by atoms with Gasteiger partial charge >= 0.3 is 0 Å². The Hall–Kier alpha value is -8.60. The number of fused-ring (bicyclic) bond motifs is 13. The molecule has 14 aromatic rings. The molecule has 0 fully saturated rings. The molecule has 0 bridgehead atoms. The van der Waals surface area contributed by atoms with Gasteiger partial charge in [-0.3, -0.25) is 0 Å². The van der Waals surface area contributed by atoms with Crippen molar-refractivity contribution in [3.8, 4) is 33.9 Å². The third kappa shape index (κ3) is 5.17. The van der Waals surface area contributed by atoms with Crippen LogP contribution >= 0.6 is 0 Å². The number of benzene rings is 11. The molecule has 11 aromatic carbocycles. The maximum Gasteiger partial charge on any atom is 0.0973 e. The number of hydrogen-bond acceptors (Lipinski definition) is 2. The molecule has 0 saturated heterocycles. The molecule has 4 heteroatoms. The van der Waals surface area contributed by atoms with Crippen molar-refractivity contribution in [3.05, 3.63) is 218 Å². The highest BCUT2D eigenvalue weighted by molar-refractivity contribution is 6.19. The Morgan fingerprint density at radius 3 is 1.56 bits per heavy atom. The van der Waals surface area contributed by atoms with Gasteiger partial charge in [-0.05, 0) is 104 Å². The number of nitrogens with zero attached hydrogens (tertiary/aromatic N) is 4. The van der Waals surface area contributed by atoms with Crippen molar-refractivity contribution in [1.29, 1.82) is 0 Å². The summed E-state index contributed by atoms with van der Waals surface area (Å²) < 4.78 is 4.87. The highest BCUT2D eigenvalue weighted by Crippen LogP contribution is 2.41. The second kappa shape index (κ2) is 13.4. The molecule has 0 spiro atoms. The minimum Gasteiger partial charge on any atom is -0.309 e. The van der Waals surface area contributed by atoms with Crippen molar-refractivity contribution in [1.82, 2.24) is 19.1 Å². The van der Waals surface area contributed by atoms with Crippen molar-refractivity contribution >= 4 is 97.7 Å². The first-order chi connectivity index (χ1) is 31.7. The maximum absolute atomic E-state index is 5.30. The second-order valence-corrected chi connectivity index (χ2v) is 17.0. The summed E-state index contributed by atoms with van der Waals surface area (Å²) in [6.07, 6.45) is 0. The first-order valence-electron chi connectivity index (χ1n) is 21.9. The number of para-hydroxylation sites is 4. The van der Waals surface area contributed by atoms with E-state index in [-0.39, 0.29) is 0 Å². The molecule has 14 rings (SSSR count). The van der Waals surface area contributed by atoms with Crippen molar-refractivity contribution in [3.63, 3.8) is 0 Å². The lowest BCUT2D eigenvalue weighted by Crippen LogP contribution is -1.97. The number of aromatic nitrogens is 4. The molecule has 3 aromatic heterocycles. The van der Waals surface area contributed by atoms with E-state index in [0.717, 1.165) is 44.9 Å². The molecule has 0 radical (unpaired) electrons. The Morgan fingerprint density at radius 1 is 0.266 bits per heavy atom. The summed E-state index contributed by atoms with van der Waals surface area (Å²) >= 11 is 0. The van der Waals surface area contributed by atoms with Crippen LogP contribution in [0.25, 0.3) is 132 Å². The van der Waals surface area contributed by atoms with Gasteiger partial charge in [0.05, 0.1) is 44.5 Å². The Kier molecular flexibility index (Phi) is 7.36. The van der Waals surface area contributed by atoms with Crippen molar-refractivity contribution in [2.75, 3.05) is 0 Å². The lowest BCUT2D eigenvalue weighted by Gasteiger charge is -2.14. The molecule has 0 unspecified atom stereocenters. The van der Waals surface area contributed by atoms with Crippen LogP contribution in [0.4, 0.5) is 0 Å². The van der Waals surface area contributed by atoms with Crippen LogP contribution in [-0.4, -0.2) is 19.1 Å². The monoisotopic (exact) mass is 812 g/mol. The Bertz CT molecular complexity index is 4250. The standard InChI is InChI=1S/C60H36N4/c1-3-13-46-37(11-1)21-22-39-23-24-42(35-51(39)46)59-58(61-53-17-7-8-18-54(53)62-59)40-25-29-44(30-26-40)63-55-19-9-6-16-49(55)52-34-41-27-31-45(33-43(41)36-57(52)63)64-56-20-10-5-15-48(56)50-32-28-38-12-2-4-14-47(38)60(50)64/h1-36H. The minimum atomic E-state index is 0.864. The third-order valence-corrected chi connectivity index (χ3v) is 13.4. The third-order valence-electron chi connectivity index (χ3n) is 13.4. The van der Waals surface area contributed by atoms with Gasteiger partial charge in [0.1, 0.15) is 0 Å². The molecule has 0 N–H and O–H groups in total. The average molecular weight is 813 g/mol. The fraction of sp³-hybridized carbons (Fsp3) is 0. The lowest BCUT2D eigenvalue weighted by atomic mass is 9.97. The van der Waals surface area contributed by atoms with E-state index < -0.39 is 0 Å². The van der Waals surface area contributed by atoms with Crippen LogP contribution in [0, 0.1) is 0 Å². The second-order valence-electron chi connectivity index (χ2n) is 17.0. The van der Waals surface area contributed by atoms with Gasteiger partial charge in [-0.1, -0.05) is 152 Å². The molecule has 3 heterocycles. The molecule has 0 amide bonds. The topological polar surface area (TPSA) is 35.6 Å². The van der Waals surface area contributed by atoms with Crippen LogP contribution in [0.5, 0.6) is 0 Å². The molecule has 0 aliphatic heterocycles. The molecular formula is C60H36N4. The number of hydrogen-bond donors (Lipinski definition) is 0. The van der Waals surface area contributed by atoms with E-state index in [1.165, 1.54) is 86.7 Å². The van der Waals surface area contributed by atoms with Gasteiger partial charge in [0.25, 0.3) is 0 Å². The molecule has 64 heavy (non-hydrogen) atoms. The summed E-state index contributed by atoms with van der Waals surface area (Å²) in [5, 5.41) is 14.8. The minimum absolute atomic E-state index is 0.864. The van der Waals surface area contributed by atoms with Gasteiger partial charge in [-0.2, -0.15) is 0 Å². The zero-order chi connectivity index (χ0) is 41.9. The van der Waals surface area contributed by atoms with Gasteiger partial charge < -0.3 is 9.13 Å². The van der Waals surface area contributed by atoms with E-state index >= 15 is 0 Å². The van der Waals surface area contributed by atoms with Gasteiger partial charge in [0.15, 0.2) is 0 Å². The van der Waals surface area contributed by atoms with Crippen LogP contribution in [0.1, 0.15) is 0 Å². The van der Waals surface area contributed by atoms with E-state index in [1.54, 1.807) is 0 Å². The fourth-order valence-electron chi connectivity index (χ4n) is 10.4. The first kappa shape index (κ1) is 35.0. The van der Waals surface area contributed by atoms with Crippen LogP contribution in [0.2, 0.25) is 0 Å².